The highest BCUT2D eigenvalue weighted by Crippen LogP contribution is 2.10. The van der Waals surface area contributed by atoms with Gasteiger partial charge in [-0.2, -0.15) is 0 Å². The molecule has 2 atom stereocenters. The zero-order valence-corrected chi connectivity index (χ0v) is 10.7. The SMILES string of the molecule is CC(=O)NC(C)C(=O)CCCCC(C)C(=O)O. The molecule has 0 fully saturated rings. The van der Waals surface area contributed by atoms with E-state index in [4.69, 9.17) is 5.11 Å². The minimum absolute atomic E-state index is 0.0109. The number of ketones is 1. The summed E-state index contributed by atoms with van der Waals surface area (Å²) in [6.07, 6.45) is 2.34. The van der Waals surface area contributed by atoms with Crippen molar-refractivity contribution < 1.29 is 19.5 Å². The number of rotatable bonds is 8. The van der Waals surface area contributed by atoms with Crippen LogP contribution in [0.25, 0.3) is 0 Å². The molecule has 5 heteroatoms. The third kappa shape index (κ3) is 7.49. The second-order valence-electron chi connectivity index (χ2n) is 4.37. The van der Waals surface area contributed by atoms with Gasteiger partial charge in [0.25, 0.3) is 0 Å². The summed E-state index contributed by atoms with van der Waals surface area (Å²) in [6.45, 7) is 4.69. The molecule has 0 rings (SSSR count). The van der Waals surface area contributed by atoms with E-state index in [0.29, 0.717) is 25.7 Å². The van der Waals surface area contributed by atoms with E-state index >= 15 is 0 Å². The van der Waals surface area contributed by atoms with Crippen molar-refractivity contribution in [2.75, 3.05) is 0 Å². The van der Waals surface area contributed by atoms with Crippen LogP contribution < -0.4 is 5.32 Å². The van der Waals surface area contributed by atoms with Crippen LogP contribution in [0.2, 0.25) is 0 Å². The lowest BCUT2D eigenvalue weighted by Crippen LogP contribution is -2.36. The Labute approximate surface area is 102 Å². The summed E-state index contributed by atoms with van der Waals surface area (Å²) in [5.41, 5.74) is 0. The predicted molar refractivity (Wildman–Crippen MR) is 63.6 cm³/mol. The van der Waals surface area contributed by atoms with Crippen LogP contribution in [0.4, 0.5) is 0 Å². The smallest absolute Gasteiger partial charge is 0.306 e. The number of aliphatic carboxylic acids is 1. The van der Waals surface area contributed by atoms with Crippen molar-refractivity contribution in [1.82, 2.24) is 5.32 Å². The summed E-state index contributed by atoms with van der Waals surface area (Å²) in [6, 6.07) is -0.454. The molecule has 0 aliphatic rings. The van der Waals surface area contributed by atoms with Crippen LogP contribution in [0.3, 0.4) is 0 Å². The third-order valence-corrected chi connectivity index (χ3v) is 2.63. The fourth-order valence-electron chi connectivity index (χ4n) is 1.48. The lowest BCUT2D eigenvalue weighted by Gasteiger charge is -2.11. The van der Waals surface area contributed by atoms with Crippen molar-refractivity contribution in [2.24, 2.45) is 5.92 Å². The maximum Gasteiger partial charge on any atom is 0.306 e. The van der Waals surface area contributed by atoms with E-state index in [0.717, 1.165) is 0 Å². The first-order chi connectivity index (χ1) is 7.84. The topological polar surface area (TPSA) is 83.5 Å². The van der Waals surface area contributed by atoms with E-state index < -0.39 is 12.0 Å². The second kappa shape index (κ2) is 7.81. The molecule has 0 heterocycles. The molecule has 0 saturated carbocycles. The molecule has 98 valence electrons. The summed E-state index contributed by atoms with van der Waals surface area (Å²) in [5, 5.41) is 11.2. The number of carbonyl (C=O) groups excluding carboxylic acids is 2. The van der Waals surface area contributed by atoms with Gasteiger partial charge in [-0.25, -0.2) is 0 Å². The zero-order chi connectivity index (χ0) is 13.4. The Balaban J connectivity index is 3.71. The van der Waals surface area contributed by atoms with Crippen molar-refractivity contribution in [3.05, 3.63) is 0 Å². The molecule has 2 unspecified atom stereocenters. The van der Waals surface area contributed by atoms with Gasteiger partial charge in [-0.3, -0.25) is 14.4 Å². The molecular weight excluding hydrogens is 222 g/mol. The zero-order valence-electron chi connectivity index (χ0n) is 10.7. The standard InChI is InChI=1S/C12H21NO4/c1-8(12(16)17)6-4-5-7-11(15)9(2)13-10(3)14/h8-9H,4-7H2,1-3H3,(H,13,14)(H,16,17). The van der Waals surface area contributed by atoms with Crippen molar-refractivity contribution in [1.29, 1.82) is 0 Å². The molecule has 0 aromatic heterocycles. The average Bonchev–Trinajstić information content (AvgIpc) is 2.22. The van der Waals surface area contributed by atoms with Gasteiger partial charge < -0.3 is 10.4 Å². The van der Waals surface area contributed by atoms with Crippen molar-refractivity contribution >= 4 is 17.7 Å². The fraction of sp³-hybridized carbons (Fsp3) is 0.750. The molecule has 0 aliphatic carbocycles. The molecule has 5 nitrogen and oxygen atoms in total. The quantitative estimate of drug-likeness (QED) is 0.630. The Morgan fingerprint density at radius 1 is 1.18 bits per heavy atom. The summed E-state index contributed by atoms with van der Waals surface area (Å²) in [7, 11) is 0. The highest BCUT2D eigenvalue weighted by molar-refractivity contribution is 5.87. The van der Waals surface area contributed by atoms with Gasteiger partial charge >= 0.3 is 5.97 Å². The van der Waals surface area contributed by atoms with Crippen molar-refractivity contribution in [2.45, 2.75) is 52.5 Å². The highest BCUT2D eigenvalue weighted by atomic mass is 16.4. The molecule has 0 saturated heterocycles. The van der Waals surface area contributed by atoms with E-state index in [-0.39, 0.29) is 17.6 Å². The summed E-state index contributed by atoms with van der Waals surface area (Å²) < 4.78 is 0. The van der Waals surface area contributed by atoms with Gasteiger partial charge in [-0.1, -0.05) is 13.3 Å². The largest absolute Gasteiger partial charge is 0.481 e. The van der Waals surface area contributed by atoms with Crippen molar-refractivity contribution in [3.63, 3.8) is 0 Å². The Kier molecular flexibility index (Phi) is 7.18. The third-order valence-electron chi connectivity index (χ3n) is 2.63. The lowest BCUT2D eigenvalue weighted by atomic mass is 10.0. The van der Waals surface area contributed by atoms with Gasteiger partial charge in [0.05, 0.1) is 12.0 Å². The van der Waals surface area contributed by atoms with E-state index in [1.807, 2.05) is 0 Å². The molecular formula is C12H21NO4. The van der Waals surface area contributed by atoms with Gasteiger partial charge in [0.2, 0.25) is 5.91 Å². The van der Waals surface area contributed by atoms with Gasteiger partial charge in [-0.15, -0.1) is 0 Å². The Morgan fingerprint density at radius 2 is 1.76 bits per heavy atom. The van der Waals surface area contributed by atoms with Crippen molar-refractivity contribution in [3.8, 4) is 0 Å². The number of hydrogen-bond donors (Lipinski definition) is 2. The Bertz CT molecular complexity index is 288. The van der Waals surface area contributed by atoms with Gasteiger partial charge in [-0.05, 0) is 19.8 Å². The number of Topliss-reactive ketones (excluding diaryl/α,β-unsaturated/α-hetero) is 1. The fourth-order valence-corrected chi connectivity index (χ4v) is 1.48. The molecule has 0 bridgehead atoms. The Morgan fingerprint density at radius 3 is 2.24 bits per heavy atom. The summed E-state index contributed by atoms with van der Waals surface area (Å²) >= 11 is 0. The Hall–Kier alpha value is -1.39. The number of nitrogens with one attached hydrogen (secondary N) is 1. The van der Waals surface area contributed by atoms with Crippen LogP contribution in [-0.2, 0) is 14.4 Å². The maximum absolute atomic E-state index is 11.5. The molecule has 1 amide bonds. The number of amides is 1. The van der Waals surface area contributed by atoms with E-state index in [9.17, 15) is 14.4 Å². The van der Waals surface area contributed by atoms with E-state index in [2.05, 4.69) is 5.32 Å². The van der Waals surface area contributed by atoms with Crippen LogP contribution in [0, 0.1) is 5.92 Å². The number of hydrogen-bond acceptors (Lipinski definition) is 3. The van der Waals surface area contributed by atoms with Crippen LogP contribution >= 0.6 is 0 Å². The first-order valence-electron chi connectivity index (χ1n) is 5.87. The van der Waals surface area contributed by atoms with E-state index in [1.165, 1.54) is 6.92 Å². The minimum atomic E-state index is -0.803. The molecule has 0 radical (unpaired) electrons. The summed E-state index contributed by atoms with van der Waals surface area (Å²) in [5.74, 6) is -1.39. The first-order valence-corrected chi connectivity index (χ1v) is 5.87. The summed E-state index contributed by atoms with van der Waals surface area (Å²) in [4.78, 5) is 32.8. The molecule has 0 aliphatic heterocycles. The molecule has 0 spiro atoms. The van der Waals surface area contributed by atoms with Crippen LogP contribution in [0.5, 0.6) is 0 Å². The lowest BCUT2D eigenvalue weighted by molar-refractivity contribution is -0.141. The number of carboxylic acid groups (broad SMARTS) is 1. The van der Waals surface area contributed by atoms with Crippen LogP contribution in [0.15, 0.2) is 0 Å². The highest BCUT2D eigenvalue weighted by Gasteiger charge is 2.14. The molecule has 17 heavy (non-hydrogen) atoms. The van der Waals surface area contributed by atoms with Crippen LogP contribution in [-0.4, -0.2) is 28.8 Å². The number of carbonyl (C=O) groups is 3. The maximum atomic E-state index is 11.5. The second-order valence-corrected chi connectivity index (χ2v) is 4.37. The first kappa shape index (κ1) is 15.6. The number of unbranched alkanes of at least 4 members (excludes halogenated alkanes) is 1. The normalized spacial score (nSPS) is 13.8. The van der Waals surface area contributed by atoms with Crippen LogP contribution in [0.1, 0.15) is 46.5 Å². The monoisotopic (exact) mass is 243 g/mol. The minimum Gasteiger partial charge on any atom is -0.481 e. The average molecular weight is 243 g/mol. The van der Waals surface area contributed by atoms with E-state index in [1.54, 1.807) is 13.8 Å². The number of carboxylic acids is 1. The molecule has 0 aromatic carbocycles. The molecule has 2 N–H and O–H groups in total. The van der Waals surface area contributed by atoms with Gasteiger partial charge in [0.15, 0.2) is 5.78 Å². The predicted octanol–water partition coefficient (Wildman–Crippen LogP) is 1.36. The molecule has 0 aromatic rings. The van der Waals surface area contributed by atoms with Gasteiger partial charge in [0, 0.05) is 13.3 Å². The van der Waals surface area contributed by atoms with Gasteiger partial charge in [0.1, 0.15) is 0 Å².